The summed E-state index contributed by atoms with van der Waals surface area (Å²) in [5, 5.41) is 2.80. The second-order valence-electron chi connectivity index (χ2n) is 7.95. The van der Waals surface area contributed by atoms with Gasteiger partial charge in [0.2, 0.25) is 5.91 Å². The number of halogens is 1. The summed E-state index contributed by atoms with van der Waals surface area (Å²) in [5.41, 5.74) is 0.335. The molecule has 4 rings (SSSR count). The van der Waals surface area contributed by atoms with Crippen LogP contribution >= 0.6 is 0 Å². The van der Waals surface area contributed by atoms with Crippen LogP contribution in [0.4, 0.5) is 10.2 Å². The number of pyridine rings is 1. The maximum atomic E-state index is 13.1. The molecule has 2 aromatic rings. The lowest BCUT2D eigenvalue weighted by atomic mass is 9.82. The minimum absolute atomic E-state index is 0.136. The molecule has 1 saturated carbocycles. The minimum atomic E-state index is -0.446. The van der Waals surface area contributed by atoms with Crippen molar-refractivity contribution in [3.05, 3.63) is 66.2 Å². The average molecular weight is 424 g/mol. The maximum absolute atomic E-state index is 13.1. The molecule has 3 atom stereocenters. The molecule has 1 fully saturated rings. The van der Waals surface area contributed by atoms with Gasteiger partial charge in [-0.05, 0) is 37.8 Å². The number of aromatic nitrogens is 3. The highest BCUT2D eigenvalue weighted by atomic mass is 19.1. The summed E-state index contributed by atoms with van der Waals surface area (Å²) in [6.07, 6.45) is 12.5. The Hall–Kier alpha value is -3.13. The van der Waals surface area contributed by atoms with E-state index in [0.29, 0.717) is 42.7 Å². The number of hydrogen-bond acceptors (Lipinski definition) is 6. The number of rotatable bonds is 8. The van der Waals surface area contributed by atoms with E-state index in [1.54, 1.807) is 13.3 Å². The Balaban J connectivity index is 1.51. The molecule has 0 spiro atoms. The third kappa shape index (κ3) is 4.64. The topological polar surface area (TPSA) is 86.2 Å². The first kappa shape index (κ1) is 21.1. The Morgan fingerprint density at radius 1 is 1.29 bits per heavy atom. The number of nitrogens with one attached hydrogen (secondary N) is 1. The van der Waals surface area contributed by atoms with Gasteiger partial charge in [-0.25, -0.2) is 19.3 Å². The van der Waals surface area contributed by atoms with E-state index >= 15 is 0 Å². The third-order valence-corrected chi connectivity index (χ3v) is 5.86. The standard InChI is InChI=1S/C23H25FN4O3/c1-15-25-12-20(19(27-15)13-30-2)31-14-23(16-6-4-3-5-7-16)10-18(23)22(29)28-21-9-8-17(24)11-26-21/h3-6,8-9,11-12,16,18H,7,10,13-14H2,1-2H3,(H,26,28,29)/t16?,18-,23+/m0/s1. The lowest BCUT2D eigenvalue weighted by Gasteiger charge is -2.26. The molecule has 2 aliphatic rings. The molecule has 7 nitrogen and oxygen atoms in total. The van der Waals surface area contributed by atoms with Gasteiger partial charge in [-0.1, -0.05) is 24.3 Å². The van der Waals surface area contributed by atoms with Gasteiger partial charge < -0.3 is 14.8 Å². The second-order valence-corrected chi connectivity index (χ2v) is 7.95. The van der Waals surface area contributed by atoms with Crippen molar-refractivity contribution in [1.29, 1.82) is 0 Å². The van der Waals surface area contributed by atoms with Crippen molar-refractivity contribution in [2.75, 3.05) is 19.0 Å². The van der Waals surface area contributed by atoms with E-state index in [4.69, 9.17) is 9.47 Å². The zero-order valence-corrected chi connectivity index (χ0v) is 17.5. The van der Waals surface area contributed by atoms with Crippen molar-refractivity contribution < 1.29 is 18.7 Å². The monoisotopic (exact) mass is 424 g/mol. The van der Waals surface area contributed by atoms with Gasteiger partial charge in [0.1, 0.15) is 23.2 Å². The Labute approximate surface area is 180 Å². The average Bonchev–Trinajstić information content (AvgIpc) is 3.52. The molecule has 0 bridgehead atoms. The zero-order valence-electron chi connectivity index (χ0n) is 17.5. The number of hydrogen-bond donors (Lipinski definition) is 1. The van der Waals surface area contributed by atoms with Gasteiger partial charge in [0, 0.05) is 18.4 Å². The molecule has 31 heavy (non-hydrogen) atoms. The second kappa shape index (κ2) is 8.93. The van der Waals surface area contributed by atoms with Crippen molar-refractivity contribution in [2.45, 2.75) is 26.4 Å². The number of anilines is 1. The first-order chi connectivity index (χ1) is 15.0. The van der Waals surface area contributed by atoms with Crippen LogP contribution in [-0.4, -0.2) is 34.6 Å². The number of nitrogens with zero attached hydrogens (tertiary/aromatic N) is 3. The van der Waals surface area contributed by atoms with Gasteiger partial charge >= 0.3 is 0 Å². The van der Waals surface area contributed by atoms with Crippen molar-refractivity contribution in [3.63, 3.8) is 0 Å². The van der Waals surface area contributed by atoms with E-state index in [-0.39, 0.29) is 23.2 Å². The normalized spacial score (nSPS) is 24.1. The van der Waals surface area contributed by atoms with Gasteiger partial charge in [0.25, 0.3) is 0 Å². The summed E-state index contributed by atoms with van der Waals surface area (Å²) in [7, 11) is 1.60. The van der Waals surface area contributed by atoms with E-state index in [2.05, 4.69) is 32.4 Å². The van der Waals surface area contributed by atoms with Crippen LogP contribution in [0.15, 0.2) is 48.8 Å². The fourth-order valence-electron chi connectivity index (χ4n) is 4.10. The molecule has 2 aromatic heterocycles. The van der Waals surface area contributed by atoms with Gasteiger partial charge in [-0.3, -0.25) is 4.79 Å². The van der Waals surface area contributed by atoms with Gasteiger partial charge in [0.05, 0.1) is 25.6 Å². The largest absolute Gasteiger partial charge is 0.489 e. The zero-order chi connectivity index (χ0) is 21.8. The Morgan fingerprint density at radius 2 is 2.16 bits per heavy atom. The third-order valence-electron chi connectivity index (χ3n) is 5.86. The molecule has 2 heterocycles. The highest BCUT2D eigenvalue weighted by Crippen LogP contribution is 2.60. The van der Waals surface area contributed by atoms with Crippen LogP contribution in [0.3, 0.4) is 0 Å². The molecule has 0 radical (unpaired) electrons. The summed E-state index contributed by atoms with van der Waals surface area (Å²) in [5.74, 6) is 0.894. The summed E-state index contributed by atoms with van der Waals surface area (Å²) in [6.45, 7) is 2.49. The van der Waals surface area contributed by atoms with E-state index in [1.165, 1.54) is 12.1 Å². The molecular formula is C23H25FN4O3. The quantitative estimate of drug-likeness (QED) is 0.697. The highest BCUT2D eigenvalue weighted by Gasteiger charge is 2.62. The van der Waals surface area contributed by atoms with Crippen molar-refractivity contribution in [3.8, 4) is 5.75 Å². The van der Waals surface area contributed by atoms with Crippen LogP contribution in [-0.2, 0) is 16.1 Å². The molecular weight excluding hydrogens is 399 g/mol. The number of allylic oxidation sites excluding steroid dienone is 4. The number of aryl methyl sites for hydroxylation is 1. The van der Waals surface area contributed by atoms with E-state index in [0.717, 1.165) is 12.6 Å². The number of amides is 1. The molecule has 1 unspecified atom stereocenters. The molecule has 0 saturated heterocycles. The van der Waals surface area contributed by atoms with Crippen LogP contribution in [0.5, 0.6) is 5.75 Å². The van der Waals surface area contributed by atoms with Crippen LogP contribution in [0.1, 0.15) is 24.4 Å². The molecule has 1 amide bonds. The smallest absolute Gasteiger partial charge is 0.229 e. The molecule has 1 N–H and O–H groups in total. The van der Waals surface area contributed by atoms with Gasteiger partial charge in [-0.2, -0.15) is 0 Å². The van der Waals surface area contributed by atoms with E-state index in [9.17, 15) is 9.18 Å². The molecule has 0 aliphatic heterocycles. The van der Waals surface area contributed by atoms with Crippen LogP contribution < -0.4 is 10.1 Å². The van der Waals surface area contributed by atoms with Crippen LogP contribution in [0, 0.1) is 30.0 Å². The summed E-state index contributed by atoms with van der Waals surface area (Å²) < 4.78 is 24.5. The number of carbonyl (C=O) groups excluding carboxylic acids is 1. The fourth-order valence-corrected chi connectivity index (χ4v) is 4.10. The minimum Gasteiger partial charge on any atom is -0.489 e. The Bertz CT molecular complexity index is 1010. The van der Waals surface area contributed by atoms with Crippen molar-refractivity contribution in [2.24, 2.45) is 17.3 Å². The lowest BCUT2D eigenvalue weighted by molar-refractivity contribution is -0.118. The summed E-state index contributed by atoms with van der Waals surface area (Å²) in [6, 6.07) is 2.73. The van der Waals surface area contributed by atoms with Gasteiger partial charge in [-0.15, -0.1) is 0 Å². The van der Waals surface area contributed by atoms with Crippen molar-refractivity contribution in [1.82, 2.24) is 15.0 Å². The Morgan fingerprint density at radius 3 is 2.87 bits per heavy atom. The number of carbonyl (C=O) groups is 1. The fraction of sp³-hybridized carbons (Fsp3) is 0.391. The first-order valence-corrected chi connectivity index (χ1v) is 10.2. The Kier molecular flexibility index (Phi) is 6.08. The van der Waals surface area contributed by atoms with Crippen LogP contribution in [0.2, 0.25) is 0 Å². The molecule has 8 heteroatoms. The predicted molar refractivity (Wildman–Crippen MR) is 113 cm³/mol. The number of methoxy groups -OCH3 is 1. The molecule has 0 aromatic carbocycles. The number of ether oxygens (including phenoxy) is 2. The summed E-state index contributed by atoms with van der Waals surface area (Å²) in [4.78, 5) is 25.5. The van der Waals surface area contributed by atoms with E-state index in [1.807, 2.05) is 19.1 Å². The maximum Gasteiger partial charge on any atom is 0.229 e. The first-order valence-electron chi connectivity index (χ1n) is 10.2. The SMILES string of the molecule is COCc1nc(C)ncc1OC[C@@]1(C2C=CC=CC2)C[C@H]1C(=O)Nc1ccc(F)cn1. The summed E-state index contributed by atoms with van der Waals surface area (Å²) >= 11 is 0. The molecule has 2 aliphatic carbocycles. The van der Waals surface area contributed by atoms with Gasteiger partial charge in [0.15, 0.2) is 5.75 Å². The predicted octanol–water partition coefficient (Wildman–Crippen LogP) is 3.62. The van der Waals surface area contributed by atoms with Crippen LogP contribution in [0.25, 0.3) is 0 Å². The van der Waals surface area contributed by atoms with E-state index < -0.39 is 5.82 Å². The van der Waals surface area contributed by atoms with Crippen molar-refractivity contribution >= 4 is 11.7 Å². The lowest BCUT2D eigenvalue weighted by Crippen LogP contribution is -2.29. The highest BCUT2D eigenvalue weighted by molar-refractivity contribution is 5.94. The molecule has 162 valence electrons.